The predicted molar refractivity (Wildman–Crippen MR) is 61.1 cm³/mol. The van der Waals surface area contributed by atoms with Crippen LogP contribution >= 0.6 is 0 Å². The highest BCUT2D eigenvalue weighted by Crippen LogP contribution is 2.14. The Morgan fingerprint density at radius 3 is 2.47 bits per heavy atom. The Morgan fingerprint density at radius 2 is 2.00 bits per heavy atom. The molecule has 0 atom stereocenters. The lowest BCUT2D eigenvalue weighted by Crippen LogP contribution is -2.31. The van der Waals surface area contributed by atoms with Crippen LogP contribution in [-0.4, -0.2) is 24.3 Å². The Hall–Kier alpha value is -0.835. The Kier molecular flexibility index (Phi) is 4.33. The van der Waals surface area contributed by atoms with E-state index in [2.05, 4.69) is 0 Å². The normalized spacial score (nSPS) is 10.5. The molecule has 0 saturated heterocycles. The number of benzene rings is 1. The van der Waals surface area contributed by atoms with Crippen molar-refractivity contribution in [1.29, 1.82) is 0 Å². The summed E-state index contributed by atoms with van der Waals surface area (Å²) < 4.78 is 5.13. The van der Waals surface area contributed by atoms with Crippen molar-refractivity contribution in [3.8, 4) is 0 Å². The molecule has 0 aliphatic heterocycles. The van der Waals surface area contributed by atoms with Gasteiger partial charge < -0.3 is 14.8 Å². The van der Waals surface area contributed by atoms with E-state index in [-0.39, 0.29) is 0 Å². The monoisotopic (exact) mass is 208 g/mol. The van der Waals surface area contributed by atoms with E-state index < -0.39 is 7.12 Å². The molecule has 0 aromatic heterocycles. The van der Waals surface area contributed by atoms with Gasteiger partial charge in [0.15, 0.2) is 0 Å². The minimum Gasteiger partial charge on any atom is -0.423 e. The maximum absolute atomic E-state index is 9.11. The summed E-state index contributed by atoms with van der Waals surface area (Å²) in [6.07, 6.45) is 0.861. The van der Waals surface area contributed by atoms with Gasteiger partial charge in [-0.3, -0.25) is 0 Å². The lowest BCUT2D eigenvalue weighted by molar-refractivity contribution is 0.183. The molecule has 82 valence electrons. The third kappa shape index (κ3) is 2.81. The Labute approximate surface area is 90.9 Å². The van der Waals surface area contributed by atoms with Gasteiger partial charge in [0.25, 0.3) is 0 Å². The molecule has 1 aromatic rings. The van der Waals surface area contributed by atoms with Crippen molar-refractivity contribution in [1.82, 2.24) is 0 Å². The average molecular weight is 208 g/mol. The van der Waals surface area contributed by atoms with Crippen molar-refractivity contribution in [2.45, 2.75) is 26.9 Å². The number of hydrogen-bond acceptors (Lipinski definition) is 3. The number of aryl methyl sites for hydroxylation is 2. The van der Waals surface area contributed by atoms with Gasteiger partial charge in [-0.1, -0.05) is 19.1 Å². The van der Waals surface area contributed by atoms with Crippen LogP contribution in [0.5, 0.6) is 0 Å². The summed E-state index contributed by atoms with van der Waals surface area (Å²) >= 11 is 0. The Morgan fingerprint density at radius 1 is 1.33 bits per heavy atom. The zero-order valence-corrected chi connectivity index (χ0v) is 9.45. The molecule has 0 unspecified atom stereocenters. The minimum absolute atomic E-state index is 0.546. The maximum Gasteiger partial charge on any atom is 0.488 e. The molecule has 3 nitrogen and oxygen atoms in total. The van der Waals surface area contributed by atoms with Crippen molar-refractivity contribution in [3.63, 3.8) is 0 Å². The minimum atomic E-state index is -1.40. The molecule has 0 radical (unpaired) electrons. The van der Waals surface area contributed by atoms with Crippen LogP contribution in [-0.2, 0) is 17.8 Å². The lowest BCUT2D eigenvalue weighted by atomic mass is 9.77. The van der Waals surface area contributed by atoms with Gasteiger partial charge >= 0.3 is 7.12 Å². The van der Waals surface area contributed by atoms with Crippen LogP contribution in [0.3, 0.4) is 0 Å². The van der Waals surface area contributed by atoms with Crippen molar-refractivity contribution in [2.24, 2.45) is 0 Å². The highest BCUT2D eigenvalue weighted by molar-refractivity contribution is 6.58. The molecule has 0 heterocycles. The fourth-order valence-electron chi connectivity index (χ4n) is 1.74. The van der Waals surface area contributed by atoms with E-state index in [1.165, 1.54) is 0 Å². The standard InChI is InChI=1S/C11H17BO3/c1-4-9-6-10(12(13)14)5-8(2)11(9)7-15-3/h5-6,13-14H,4,7H2,1-3H3. The predicted octanol–water partition coefficient (Wildman–Crippen LogP) is 0.384. The number of ether oxygens (including phenoxy) is 1. The third-order valence-corrected chi connectivity index (χ3v) is 2.56. The number of methoxy groups -OCH3 is 1. The van der Waals surface area contributed by atoms with Crippen LogP contribution in [0.1, 0.15) is 23.6 Å². The second kappa shape index (κ2) is 5.30. The molecule has 4 heteroatoms. The van der Waals surface area contributed by atoms with E-state index in [9.17, 15) is 0 Å². The second-order valence-electron chi connectivity index (χ2n) is 3.64. The van der Waals surface area contributed by atoms with Gasteiger partial charge in [-0.25, -0.2) is 0 Å². The first-order valence-corrected chi connectivity index (χ1v) is 5.07. The van der Waals surface area contributed by atoms with E-state index in [1.54, 1.807) is 13.2 Å². The fraction of sp³-hybridized carbons (Fsp3) is 0.455. The summed E-state index contributed by atoms with van der Waals surface area (Å²) in [5, 5.41) is 18.2. The van der Waals surface area contributed by atoms with Gasteiger partial charge in [0.2, 0.25) is 0 Å². The fourth-order valence-corrected chi connectivity index (χ4v) is 1.74. The van der Waals surface area contributed by atoms with E-state index in [0.29, 0.717) is 12.1 Å². The van der Waals surface area contributed by atoms with Crippen LogP contribution in [0.2, 0.25) is 0 Å². The Bertz CT molecular complexity index is 337. The number of rotatable bonds is 4. The second-order valence-corrected chi connectivity index (χ2v) is 3.64. The summed E-state index contributed by atoms with van der Waals surface area (Å²) in [7, 11) is 0.263. The molecule has 0 aliphatic carbocycles. The van der Waals surface area contributed by atoms with Gasteiger partial charge in [-0.15, -0.1) is 0 Å². The molecule has 0 spiro atoms. The zero-order valence-electron chi connectivity index (χ0n) is 9.45. The van der Waals surface area contributed by atoms with Crippen LogP contribution in [0.25, 0.3) is 0 Å². The molecule has 1 aromatic carbocycles. The van der Waals surface area contributed by atoms with E-state index >= 15 is 0 Å². The van der Waals surface area contributed by atoms with Crippen molar-refractivity contribution >= 4 is 12.6 Å². The molecular weight excluding hydrogens is 191 g/mol. The molecule has 0 bridgehead atoms. The largest absolute Gasteiger partial charge is 0.488 e. The SMILES string of the molecule is CCc1cc(B(O)O)cc(C)c1COC. The van der Waals surface area contributed by atoms with Crippen LogP contribution in [0.4, 0.5) is 0 Å². The molecule has 1 rings (SSSR count). The van der Waals surface area contributed by atoms with Gasteiger partial charge in [0.1, 0.15) is 0 Å². The zero-order chi connectivity index (χ0) is 11.4. The van der Waals surface area contributed by atoms with E-state index in [1.807, 2.05) is 19.9 Å². The van der Waals surface area contributed by atoms with E-state index in [4.69, 9.17) is 14.8 Å². The van der Waals surface area contributed by atoms with Crippen LogP contribution in [0.15, 0.2) is 12.1 Å². The first-order valence-electron chi connectivity index (χ1n) is 5.07. The van der Waals surface area contributed by atoms with Gasteiger partial charge in [-0.2, -0.15) is 0 Å². The molecule has 0 saturated carbocycles. The number of hydrogen-bond donors (Lipinski definition) is 2. The van der Waals surface area contributed by atoms with Gasteiger partial charge in [0, 0.05) is 7.11 Å². The maximum atomic E-state index is 9.11. The topological polar surface area (TPSA) is 49.7 Å². The van der Waals surface area contributed by atoms with Crippen molar-refractivity contribution in [3.05, 3.63) is 28.8 Å². The van der Waals surface area contributed by atoms with Gasteiger partial charge in [0.05, 0.1) is 6.61 Å². The third-order valence-electron chi connectivity index (χ3n) is 2.56. The molecule has 2 N–H and O–H groups in total. The highest BCUT2D eigenvalue weighted by Gasteiger charge is 2.14. The van der Waals surface area contributed by atoms with Gasteiger partial charge in [-0.05, 0) is 35.5 Å². The summed E-state index contributed by atoms with van der Waals surface area (Å²) in [5.41, 5.74) is 3.84. The Balaban J connectivity index is 3.18. The summed E-state index contributed by atoms with van der Waals surface area (Å²) in [6.45, 7) is 4.57. The van der Waals surface area contributed by atoms with Crippen LogP contribution < -0.4 is 5.46 Å². The quantitative estimate of drug-likeness (QED) is 0.703. The van der Waals surface area contributed by atoms with Crippen LogP contribution in [0, 0.1) is 6.92 Å². The van der Waals surface area contributed by atoms with Crippen molar-refractivity contribution in [2.75, 3.05) is 7.11 Å². The average Bonchev–Trinajstić information content (AvgIpc) is 2.20. The molecule has 0 amide bonds. The van der Waals surface area contributed by atoms with E-state index in [0.717, 1.165) is 23.1 Å². The lowest BCUT2D eigenvalue weighted by Gasteiger charge is -2.13. The first kappa shape index (κ1) is 12.2. The molecular formula is C11H17BO3. The summed E-state index contributed by atoms with van der Waals surface area (Å²) in [6, 6.07) is 3.62. The summed E-state index contributed by atoms with van der Waals surface area (Å²) in [5.74, 6) is 0. The highest BCUT2D eigenvalue weighted by atomic mass is 16.5. The molecule has 0 fully saturated rings. The molecule has 0 aliphatic rings. The smallest absolute Gasteiger partial charge is 0.423 e. The van der Waals surface area contributed by atoms with Crippen molar-refractivity contribution < 1.29 is 14.8 Å². The first-order chi connectivity index (χ1) is 7.10. The summed E-state index contributed by atoms with van der Waals surface area (Å²) in [4.78, 5) is 0. The molecule has 15 heavy (non-hydrogen) atoms.